The van der Waals surface area contributed by atoms with Crippen LogP contribution in [0.3, 0.4) is 0 Å². The van der Waals surface area contributed by atoms with Gasteiger partial charge in [0.2, 0.25) is 5.91 Å². The molecule has 33 heavy (non-hydrogen) atoms. The third kappa shape index (κ3) is 4.72. The summed E-state index contributed by atoms with van der Waals surface area (Å²) in [6.45, 7) is 3.71. The minimum atomic E-state index is -0.615. The lowest BCUT2D eigenvalue weighted by molar-refractivity contribution is -0.140. The quantitative estimate of drug-likeness (QED) is 0.558. The Morgan fingerprint density at radius 3 is 2.55 bits per heavy atom. The van der Waals surface area contributed by atoms with Crippen molar-refractivity contribution < 1.29 is 14.3 Å². The number of hydrogen-bond donors (Lipinski definition) is 0. The molecule has 1 atom stereocenters. The molecule has 2 aromatic carbocycles. The average molecular weight is 445 g/mol. The Labute approximate surface area is 194 Å². The molecule has 1 fully saturated rings. The molecule has 0 N–H and O–H groups in total. The SMILES string of the molecule is CCCN1CCN(C(=O)c2cnccn2)C(Cc2ccccc2-c2ccccc2OC)C1=O. The number of para-hydroxylation sites is 1. The summed E-state index contributed by atoms with van der Waals surface area (Å²) < 4.78 is 5.58. The van der Waals surface area contributed by atoms with Gasteiger partial charge in [0.1, 0.15) is 17.5 Å². The molecule has 4 rings (SSSR count). The van der Waals surface area contributed by atoms with Crippen molar-refractivity contribution >= 4 is 11.8 Å². The smallest absolute Gasteiger partial charge is 0.274 e. The third-order valence-electron chi connectivity index (χ3n) is 5.95. The number of aromatic nitrogens is 2. The monoisotopic (exact) mass is 444 g/mol. The van der Waals surface area contributed by atoms with Crippen molar-refractivity contribution in [2.45, 2.75) is 25.8 Å². The molecule has 0 bridgehead atoms. The molecule has 1 aliphatic rings. The molecule has 1 aromatic heterocycles. The van der Waals surface area contributed by atoms with Crippen LogP contribution in [0.25, 0.3) is 11.1 Å². The van der Waals surface area contributed by atoms with E-state index in [4.69, 9.17) is 4.74 Å². The Balaban J connectivity index is 1.71. The first-order chi connectivity index (χ1) is 16.1. The summed E-state index contributed by atoms with van der Waals surface area (Å²) in [4.78, 5) is 38.5. The number of carbonyl (C=O) groups excluding carboxylic acids is 2. The maximum absolute atomic E-state index is 13.5. The Kier molecular flexibility index (Phi) is 6.98. The van der Waals surface area contributed by atoms with Crippen LogP contribution in [0.2, 0.25) is 0 Å². The molecule has 170 valence electrons. The van der Waals surface area contributed by atoms with Crippen molar-refractivity contribution in [3.05, 3.63) is 78.4 Å². The number of hydrogen-bond acceptors (Lipinski definition) is 5. The van der Waals surface area contributed by atoms with E-state index in [0.29, 0.717) is 26.1 Å². The van der Waals surface area contributed by atoms with E-state index in [1.54, 1.807) is 12.0 Å². The van der Waals surface area contributed by atoms with Gasteiger partial charge in [-0.15, -0.1) is 0 Å². The molecule has 1 unspecified atom stereocenters. The van der Waals surface area contributed by atoms with Crippen LogP contribution in [-0.2, 0) is 11.2 Å². The number of methoxy groups -OCH3 is 1. The molecule has 0 radical (unpaired) electrons. The van der Waals surface area contributed by atoms with Gasteiger partial charge in [0.05, 0.1) is 13.3 Å². The van der Waals surface area contributed by atoms with E-state index < -0.39 is 6.04 Å². The molecule has 7 nitrogen and oxygen atoms in total. The Morgan fingerprint density at radius 1 is 1.06 bits per heavy atom. The van der Waals surface area contributed by atoms with E-state index in [2.05, 4.69) is 16.9 Å². The van der Waals surface area contributed by atoms with E-state index in [0.717, 1.165) is 28.9 Å². The van der Waals surface area contributed by atoms with Gasteiger partial charge in [0, 0.05) is 44.0 Å². The second kappa shape index (κ2) is 10.3. The van der Waals surface area contributed by atoms with Crippen LogP contribution in [0.1, 0.15) is 29.4 Å². The van der Waals surface area contributed by atoms with Crippen LogP contribution in [0.15, 0.2) is 67.1 Å². The fourth-order valence-electron chi connectivity index (χ4n) is 4.36. The average Bonchev–Trinajstić information content (AvgIpc) is 2.87. The molecule has 0 spiro atoms. The standard InChI is InChI=1S/C26H28N4O3/c1-3-14-29-15-16-30(25(31)22-18-27-12-13-28-22)23(26(29)32)17-19-8-4-5-9-20(19)21-10-6-7-11-24(21)33-2/h4-13,18,23H,3,14-17H2,1-2H3. The number of ether oxygens (including phenoxy) is 1. The second-order valence-electron chi connectivity index (χ2n) is 7.99. The number of nitrogens with zero attached hydrogens (tertiary/aromatic N) is 4. The minimum absolute atomic E-state index is 0.0322. The van der Waals surface area contributed by atoms with E-state index in [-0.39, 0.29) is 17.5 Å². The molecular weight excluding hydrogens is 416 g/mol. The third-order valence-corrected chi connectivity index (χ3v) is 5.95. The van der Waals surface area contributed by atoms with Gasteiger partial charge >= 0.3 is 0 Å². The van der Waals surface area contributed by atoms with Gasteiger partial charge in [-0.3, -0.25) is 14.6 Å². The lowest BCUT2D eigenvalue weighted by Gasteiger charge is -2.40. The van der Waals surface area contributed by atoms with Crippen LogP contribution in [-0.4, -0.2) is 64.4 Å². The highest BCUT2D eigenvalue weighted by atomic mass is 16.5. The van der Waals surface area contributed by atoms with Crippen molar-refractivity contribution in [3.8, 4) is 16.9 Å². The first-order valence-corrected chi connectivity index (χ1v) is 11.2. The lowest BCUT2D eigenvalue weighted by atomic mass is 9.92. The first kappa shape index (κ1) is 22.5. The summed E-state index contributed by atoms with van der Waals surface area (Å²) in [6, 6.07) is 15.2. The number of carbonyl (C=O) groups is 2. The summed E-state index contributed by atoms with van der Waals surface area (Å²) in [5, 5.41) is 0. The Bertz CT molecular complexity index is 1120. The zero-order chi connectivity index (χ0) is 23.2. The van der Waals surface area contributed by atoms with Gasteiger partial charge in [-0.2, -0.15) is 0 Å². The van der Waals surface area contributed by atoms with Gasteiger partial charge in [-0.25, -0.2) is 4.98 Å². The number of piperazine rings is 1. The fraction of sp³-hybridized carbons (Fsp3) is 0.308. The molecule has 3 aromatic rings. The molecule has 7 heteroatoms. The maximum atomic E-state index is 13.5. The largest absolute Gasteiger partial charge is 0.496 e. The fourth-order valence-corrected chi connectivity index (χ4v) is 4.36. The highest BCUT2D eigenvalue weighted by Gasteiger charge is 2.38. The molecule has 1 saturated heterocycles. The number of benzene rings is 2. The zero-order valence-electron chi connectivity index (χ0n) is 19.0. The van der Waals surface area contributed by atoms with Gasteiger partial charge in [0.25, 0.3) is 5.91 Å². The highest BCUT2D eigenvalue weighted by molar-refractivity contribution is 5.97. The number of amides is 2. The summed E-state index contributed by atoms with van der Waals surface area (Å²) in [6.07, 6.45) is 5.75. The van der Waals surface area contributed by atoms with Crippen LogP contribution in [0.4, 0.5) is 0 Å². The molecular formula is C26H28N4O3. The topological polar surface area (TPSA) is 75.6 Å². The highest BCUT2D eigenvalue weighted by Crippen LogP contribution is 2.33. The van der Waals surface area contributed by atoms with Crippen LogP contribution >= 0.6 is 0 Å². The van der Waals surface area contributed by atoms with E-state index in [1.807, 2.05) is 53.4 Å². The van der Waals surface area contributed by atoms with Gasteiger partial charge in [-0.05, 0) is 23.6 Å². The minimum Gasteiger partial charge on any atom is -0.496 e. The summed E-state index contributed by atoms with van der Waals surface area (Å²) in [5.74, 6) is 0.461. The predicted octanol–water partition coefficient (Wildman–Crippen LogP) is 3.46. The summed E-state index contributed by atoms with van der Waals surface area (Å²) >= 11 is 0. The van der Waals surface area contributed by atoms with E-state index in [9.17, 15) is 9.59 Å². The van der Waals surface area contributed by atoms with Gasteiger partial charge in [-0.1, -0.05) is 49.4 Å². The van der Waals surface area contributed by atoms with Crippen LogP contribution < -0.4 is 4.74 Å². The zero-order valence-corrected chi connectivity index (χ0v) is 19.0. The van der Waals surface area contributed by atoms with Crippen LogP contribution in [0.5, 0.6) is 5.75 Å². The van der Waals surface area contributed by atoms with Crippen molar-refractivity contribution in [1.29, 1.82) is 0 Å². The van der Waals surface area contributed by atoms with Crippen molar-refractivity contribution in [2.75, 3.05) is 26.7 Å². The van der Waals surface area contributed by atoms with E-state index in [1.165, 1.54) is 18.6 Å². The van der Waals surface area contributed by atoms with Gasteiger partial charge < -0.3 is 14.5 Å². The molecule has 0 aliphatic carbocycles. The summed E-state index contributed by atoms with van der Waals surface area (Å²) in [7, 11) is 1.65. The first-order valence-electron chi connectivity index (χ1n) is 11.2. The Morgan fingerprint density at radius 2 is 1.82 bits per heavy atom. The van der Waals surface area contributed by atoms with Gasteiger partial charge in [0.15, 0.2) is 0 Å². The molecule has 1 aliphatic heterocycles. The van der Waals surface area contributed by atoms with Crippen LogP contribution in [0, 0.1) is 0 Å². The van der Waals surface area contributed by atoms with Crippen molar-refractivity contribution in [1.82, 2.24) is 19.8 Å². The second-order valence-corrected chi connectivity index (χ2v) is 7.99. The van der Waals surface area contributed by atoms with E-state index >= 15 is 0 Å². The van der Waals surface area contributed by atoms with Crippen molar-refractivity contribution in [3.63, 3.8) is 0 Å². The molecule has 2 amide bonds. The lowest BCUT2D eigenvalue weighted by Crippen LogP contribution is -2.59. The Hall–Kier alpha value is -3.74. The number of rotatable bonds is 7. The van der Waals surface area contributed by atoms with Crippen molar-refractivity contribution in [2.24, 2.45) is 0 Å². The summed E-state index contributed by atoms with van der Waals surface area (Å²) in [5.41, 5.74) is 3.17. The maximum Gasteiger partial charge on any atom is 0.274 e. The molecule has 0 saturated carbocycles. The molecule has 2 heterocycles. The normalized spacial score (nSPS) is 16.1. The predicted molar refractivity (Wildman–Crippen MR) is 126 cm³/mol.